The van der Waals surface area contributed by atoms with Crippen LogP contribution in [0.15, 0.2) is 40.7 Å². The molecule has 1 saturated carbocycles. The number of carbonyl (C=O) groups is 1. The van der Waals surface area contributed by atoms with Crippen molar-refractivity contribution >= 4 is 34.8 Å². The SMILES string of the molecule is O=C1Nc2cc(Cl)ccc2[C@@]12[C@@H](C1=CCCC(Cl)=C1F)C[C@H](CO)N2CC1CCCCC1. The molecule has 7 heteroatoms. The highest BCUT2D eigenvalue weighted by Gasteiger charge is 2.63. The number of rotatable bonds is 4. The minimum absolute atomic E-state index is 0.0759. The molecular weight excluding hydrogens is 450 g/mol. The fraction of sp³-hybridized carbons (Fsp3) is 0.560. The predicted octanol–water partition coefficient (Wildman–Crippen LogP) is 5.89. The Morgan fingerprint density at radius 3 is 2.75 bits per heavy atom. The molecule has 1 saturated heterocycles. The maximum Gasteiger partial charge on any atom is 0.250 e. The summed E-state index contributed by atoms with van der Waals surface area (Å²) in [6.45, 7) is 0.636. The quantitative estimate of drug-likeness (QED) is 0.566. The van der Waals surface area contributed by atoms with E-state index >= 15 is 4.39 Å². The molecule has 0 bridgehead atoms. The molecule has 1 aromatic rings. The Morgan fingerprint density at radius 2 is 2.00 bits per heavy atom. The van der Waals surface area contributed by atoms with Crippen molar-refractivity contribution in [3.05, 3.63) is 51.3 Å². The van der Waals surface area contributed by atoms with Crippen molar-refractivity contribution in [2.24, 2.45) is 11.8 Å². The van der Waals surface area contributed by atoms with Crippen LogP contribution in [0.5, 0.6) is 0 Å². The van der Waals surface area contributed by atoms with Gasteiger partial charge in [0.15, 0.2) is 0 Å². The molecule has 32 heavy (non-hydrogen) atoms. The number of anilines is 1. The van der Waals surface area contributed by atoms with Gasteiger partial charge in [-0.2, -0.15) is 0 Å². The maximum atomic E-state index is 15.4. The summed E-state index contributed by atoms with van der Waals surface area (Å²) < 4.78 is 15.4. The Bertz CT molecular complexity index is 988. The van der Waals surface area contributed by atoms with E-state index in [0.717, 1.165) is 18.4 Å². The largest absolute Gasteiger partial charge is 0.395 e. The third-order valence-electron chi connectivity index (χ3n) is 7.88. The van der Waals surface area contributed by atoms with Gasteiger partial charge in [0.05, 0.1) is 11.6 Å². The van der Waals surface area contributed by atoms with Crippen LogP contribution in [0.1, 0.15) is 56.9 Å². The number of hydrogen-bond donors (Lipinski definition) is 2. The number of carbonyl (C=O) groups excluding carboxylic acids is 1. The van der Waals surface area contributed by atoms with Crippen molar-refractivity contribution in [3.8, 4) is 0 Å². The molecule has 1 amide bonds. The first-order valence-corrected chi connectivity index (χ1v) is 12.5. The Kier molecular flexibility index (Phi) is 6.12. The van der Waals surface area contributed by atoms with Gasteiger partial charge >= 0.3 is 0 Å². The van der Waals surface area contributed by atoms with Crippen LogP contribution >= 0.6 is 23.2 Å². The predicted molar refractivity (Wildman–Crippen MR) is 125 cm³/mol. The summed E-state index contributed by atoms with van der Waals surface area (Å²) in [5.74, 6) is -0.544. The molecule has 0 aromatic heterocycles. The van der Waals surface area contributed by atoms with Gasteiger partial charge in [-0.3, -0.25) is 9.69 Å². The van der Waals surface area contributed by atoms with Crippen molar-refractivity contribution in [2.45, 2.75) is 62.9 Å². The number of allylic oxidation sites excluding steroid dienone is 3. The second-order valence-electron chi connectivity index (χ2n) is 9.61. The van der Waals surface area contributed by atoms with Gasteiger partial charge in [-0.05, 0) is 55.7 Å². The summed E-state index contributed by atoms with van der Waals surface area (Å²) in [4.78, 5) is 16.0. The second-order valence-corrected chi connectivity index (χ2v) is 10.5. The van der Waals surface area contributed by atoms with Crippen molar-refractivity contribution in [2.75, 3.05) is 18.5 Å². The Labute approximate surface area is 198 Å². The Morgan fingerprint density at radius 1 is 1.22 bits per heavy atom. The van der Waals surface area contributed by atoms with Gasteiger partial charge in [0.1, 0.15) is 11.4 Å². The molecule has 2 aliphatic heterocycles. The van der Waals surface area contributed by atoms with E-state index in [1.165, 1.54) is 19.3 Å². The maximum absolute atomic E-state index is 15.4. The molecule has 5 rings (SSSR count). The molecule has 1 aromatic carbocycles. The summed E-state index contributed by atoms with van der Waals surface area (Å²) in [5.41, 5.74) is 0.914. The fourth-order valence-electron chi connectivity index (χ4n) is 6.45. The van der Waals surface area contributed by atoms with Crippen LogP contribution in [0.3, 0.4) is 0 Å². The van der Waals surface area contributed by atoms with E-state index in [-0.39, 0.29) is 23.6 Å². The van der Waals surface area contributed by atoms with Crippen molar-refractivity contribution in [3.63, 3.8) is 0 Å². The first-order chi connectivity index (χ1) is 15.5. The summed E-state index contributed by atoms with van der Waals surface area (Å²) in [7, 11) is 0. The lowest BCUT2D eigenvalue weighted by molar-refractivity contribution is -0.129. The van der Waals surface area contributed by atoms with Crippen LogP contribution in [0, 0.1) is 11.8 Å². The van der Waals surface area contributed by atoms with Gasteiger partial charge in [0.2, 0.25) is 5.91 Å². The first-order valence-electron chi connectivity index (χ1n) is 11.7. The molecule has 2 N–H and O–H groups in total. The number of aliphatic hydroxyl groups is 1. The fourth-order valence-corrected chi connectivity index (χ4v) is 6.84. The zero-order chi connectivity index (χ0) is 22.5. The number of aliphatic hydroxyl groups excluding tert-OH is 1. The minimum atomic E-state index is -1.08. The molecular formula is C25H29Cl2FN2O2. The Hall–Kier alpha value is -1.40. The number of hydrogen-bond acceptors (Lipinski definition) is 3. The number of likely N-dealkylation sites (tertiary alicyclic amines) is 1. The van der Waals surface area contributed by atoms with Crippen molar-refractivity contribution in [1.29, 1.82) is 0 Å². The summed E-state index contributed by atoms with van der Waals surface area (Å²) in [5, 5.41) is 14.2. The molecule has 4 aliphatic rings. The van der Waals surface area contributed by atoms with Crippen LogP contribution in [0.2, 0.25) is 5.02 Å². The van der Waals surface area contributed by atoms with Gasteiger partial charge < -0.3 is 10.4 Å². The smallest absolute Gasteiger partial charge is 0.250 e. The molecule has 172 valence electrons. The number of fused-ring (bicyclic) bond motifs is 2. The van der Waals surface area contributed by atoms with Gasteiger partial charge in [0, 0.05) is 34.8 Å². The van der Waals surface area contributed by atoms with E-state index in [0.29, 0.717) is 48.0 Å². The second kappa shape index (κ2) is 8.75. The van der Waals surface area contributed by atoms with Gasteiger partial charge in [-0.1, -0.05) is 54.6 Å². The van der Waals surface area contributed by atoms with E-state index in [2.05, 4.69) is 10.2 Å². The van der Waals surface area contributed by atoms with E-state index in [1.807, 2.05) is 12.1 Å². The number of benzene rings is 1. The molecule has 1 spiro atoms. The zero-order valence-electron chi connectivity index (χ0n) is 18.0. The van der Waals surface area contributed by atoms with Crippen LogP contribution in [0.25, 0.3) is 0 Å². The highest BCUT2D eigenvalue weighted by molar-refractivity contribution is 6.31. The normalized spacial score (nSPS) is 31.2. The monoisotopic (exact) mass is 478 g/mol. The van der Waals surface area contributed by atoms with E-state index in [1.54, 1.807) is 12.1 Å². The molecule has 0 radical (unpaired) electrons. The summed E-state index contributed by atoms with van der Waals surface area (Å²) >= 11 is 12.5. The molecule has 2 aliphatic carbocycles. The average Bonchev–Trinajstić information content (AvgIpc) is 3.26. The highest BCUT2D eigenvalue weighted by Crippen LogP contribution is 2.57. The summed E-state index contributed by atoms with van der Waals surface area (Å²) in [6, 6.07) is 5.21. The first kappa shape index (κ1) is 22.4. The van der Waals surface area contributed by atoms with Crippen molar-refractivity contribution in [1.82, 2.24) is 4.90 Å². The zero-order valence-corrected chi connectivity index (χ0v) is 19.6. The van der Waals surface area contributed by atoms with Gasteiger partial charge in [-0.25, -0.2) is 4.39 Å². The van der Waals surface area contributed by atoms with E-state index in [4.69, 9.17) is 23.2 Å². The third kappa shape index (κ3) is 3.44. The molecule has 4 nitrogen and oxygen atoms in total. The minimum Gasteiger partial charge on any atom is -0.395 e. The lowest BCUT2D eigenvalue weighted by Gasteiger charge is -2.42. The molecule has 2 fully saturated rings. The van der Waals surface area contributed by atoms with Gasteiger partial charge in [0.25, 0.3) is 0 Å². The van der Waals surface area contributed by atoms with Crippen LogP contribution in [-0.4, -0.2) is 35.1 Å². The number of nitrogens with one attached hydrogen (secondary N) is 1. The van der Waals surface area contributed by atoms with Crippen LogP contribution in [-0.2, 0) is 10.3 Å². The number of amides is 1. The van der Waals surface area contributed by atoms with Crippen LogP contribution in [0.4, 0.5) is 10.1 Å². The molecule has 3 atom stereocenters. The van der Waals surface area contributed by atoms with Gasteiger partial charge in [-0.15, -0.1) is 0 Å². The topological polar surface area (TPSA) is 52.6 Å². The molecule has 0 unspecified atom stereocenters. The number of halogens is 3. The number of nitrogens with zero attached hydrogens (tertiary/aromatic N) is 1. The lowest BCUT2D eigenvalue weighted by atomic mass is 9.73. The van der Waals surface area contributed by atoms with Crippen molar-refractivity contribution < 1.29 is 14.3 Å². The lowest BCUT2D eigenvalue weighted by Crippen LogP contribution is -2.55. The highest BCUT2D eigenvalue weighted by atomic mass is 35.5. The van der Waals surface area contributed by atoms with E-state index in [9.17, 15) is 9.90 Å². The van der Waals surface area contributed by atoms with E-state index < -0.39 is 17.3 Å². The summed E-state index contributed by atoms with van der Waals surface area (Å²) in [6.07, 6.45) is 9.39. The van der Waals surface area contributed by atoms with Crippen LogP contribution < -0.4 is 5.32 Å². The Balaban J connectivity index is 1.66. The average molecular weight is 479 g/mol. The molecule has 2 heterocycles. The third-order valence-corrected chi connectivity index (χ3v) is 8.47. The standard InChI is InChI=1S/C25H29Cl2FN2O2/c26-16-9-10-19-22(11-16)29-24(32)25(19)20(18-7-4-8-21(27)23(18)28)12-17(14-31)30(25)13-15-5-2-1-3-6-15/h7,9-11,15,17,20,31H,1-6,8,12-14H2,(H,29,32)/t17-,20-,25-/m1/s1.